The van der Waals surface area contributed by atoms with Crippen LogP contribution in [0.25, 0.3) is 0 Å². The SMILES string of the molecule is CCCCO[P@](=O)(c1ccc(N(C)C)cc1)[C@H](O)c1ccncc1. The van der Waals surface area contributed by atoms with Crippen molar-refractivity contribution in [3.63, 3.8) is 0 Å². The third kappa shape index (κ3) is 4.23. The molecule has 1 aromatic heterocycles. The molecule has 130 valence electrons. The van der Waals surface area contributed by atoms with Crippen molar-refractivity contribution in [3.05, 3.63) is 54.4 Å². The fourth-order valence-electron chi connectivity index (χ4n) is 2.32. The number of anilines is 1. The van der Waals surface area contributed by atoms with Crippen LogP contribution in [-0.2, 0) is 9.09 Å². The van der Waals surface area contributed by atoms with Gasteiger partial charge in [-0.2, -0.15) is 0 Å². The van der Waals surface area contributed by atoms with Crippen molar-refractivity contribution < 1.29 is 14.2 Å². The lowest BCUT2D eigenvalue weighted by molar-refractivity contribution is 0.212. The Hall–Kier alpha value is -1.68. The van der Waals surface area contributed by atoms with Gasteiger partial charge in [-0.1, -0.05) is 13.3 Å². The summed E-state index contributed by atoms with van der Waals surface area (Å²) >= 11 is 0. The van der Waals surface area contributed by atoms with E-state index in [1.165, 1.54) is 0 Å². The van der Waals surface area contributed by atoms with Gasteiger partial charge in [-0.05, 0) is 48.4 Å². The molecular formula is C18H25N2O3P. The minimum Gasteiger partial charge on any atom is -0.378 e. The van der Waals surface area contributed by atoms with Gasteiger partial charge < -0.3 is 14.5 Å². The average molecular weight is 348 g/mol. The fraction of sp³-hybridized carbons (Fsp3) is 0.389. The van der Waals surface area contributed by atoms with Gasteiger partial charge in [-0.3, -0.25) is 9.55 Å². The van der Waals surface area contributed by atoms with Crippen LogP contribution in [0.3, 0.4) is 0 Å². The number of unbranched alkanes of at least 4 members (excludes halogenated alkanes) is 1. The molecule has 0 amide bonds. The van der Waals surface area contributed by atoms with Gasteiger partial charge in [-0.25, -0.2) is 0 Å². The summed E-state index contributed by atoms with van der Waals surface area (Å²) in [6.07, 6.45) is 4.88. The van der Waals surface area contributed by atoms with E-state index in [-0.39, 0.29) is 0 Å². The topological polar surface area (TPSA) is 62.7 Å². The maximum Gasteiger partial charge on any atom is 0.264 e. The van der Waals surface area contributed by atoms with Crippen LogP contribution in [0.2, 0.25) is 0 Å². The largest absolute Gasteiger partial charge is 0.378 e. The van der Waals surface area contributed by atoms with E-state index in [4.69, 9.17) is 4.52 Å². The molecule has 0 aliphatic heterocycles. The lowest BCUT2D eigenvalue weighted by atomic mass is 10.3. The van der Waals surface area contributed by atoms with Crippen molar-refractivity contribution in [2.75, 3.05) is 25.6 Å². The van der Waals surface area contributed by atoms with Gasteiger partial charge in [0.15, 0.2) is 5.85 Å². The number of benzene rings is 1. The second-order valence-electron chi connectivity index (χ2n) is 5.85. The summed E-state index contributed by atoms with van der Waals surface area (Å²) in [6.45, 7) is 2.39. The van der Waals surface area contributed by atoms with Crippen molar-refractivity contribution in [2.45, 2.75) is 25.6 Å². The molecule has 2 atom stereocenters. The van der Waals surface area contributed by atoms with Crippen LogP contribution in [0.5, 0.6) is 0 Å². The van der Waals surface area contributed by atoms with Gasteiger partial charge in [0.2, 0.25) is 0 Å². The average Bonchev–Trinajstić information content (AvgIpc) is 2.62. The molecule has 5 nitrogen and oxygen atoms in total. The number of pyridine rings is 1. The molecule has 1 N–H and O–H groups in total. The van der Waals surface area contributed by atoms with Gasteiger partial charge in [-0.15, -0.1) is 0 Å². The molecule has 0 unspecified atom stereocenters. The number of hydrogen-bond donors (Lipinski definition) is 1. The van der Waals surface area contributed by atoms with E-state index >= 15 is 0 Å². The molecular weight excluding hydrogens is 323 g/mol. The molecule has 0 aliphatic carbocycles. The van der Waals surface area contributed by atoms with Gasteiger partial charge >= 0.3 is 0 Å². The van der Waals surface area contributed by atoms with Crippen molar-refractivity contribution in [2.24, 2.45) is 0 Å². The monoisotopic (exact) mass is 348 g/mol. The molecule has 0 aliphatic rings. The minimum atomic E-state index is -3.46. The van der Waals surface area contributed by atoms with Crippen LogP contribution in [0.1, 0.15) is 31.2 Å². The standard InChI is InChI=1S/C18H25N2O3P/c1-4-5-14-23-24(22,18(21)15-10-12-19-13-11-15)17-8-6-16(7-9-17)20(2)3/h6-13,18,21H,4-5,14H2,1-3H3/t18-,24+/m0/s1. The number of aromatic nitrogens is 1. The van der Waals surface area contributed by atoms with Crippen molar-refractivity contribution >= 4 is 18.4 Å². The fourth-order valence-corrected chi connectivity index (χ4v) is 4.42. The first-order chi connectivity index (χ1) is 11.5. The van der Waals surface area contributed by atoms with Gasteiger partial charge in [0.05, 0.1) is 6.61 Å². The molecule has 2 aromatic rings. The first-order valence-electron chi connectivity index (χ1n) is 8.09. The van der Waals surface area contributed by atoms with Crippen LogP contribution >= 0.6 is 7.37 Å². The first-order valence-corrected chi connectivity index (χ1v) is 9.78. The van der Waals surface area contributed by atoms with E-state index in [0.717, 1.165) is 18.5 Å². The molecule has 0 spiro atoms. The molecule has 0 fully saturated rings. The zero-order valence-electron chi connectivity index (χ0n) is 14.4. The normalized spacial score (nSPS) is 14.8. The highest BCUT2D eigenvalue weighted by Gasteiger charge is 2.36. The number of rotatable bonds is 8. The van der Waals surface area contributed by atoms with Crippen molar-refractivity contribution in [1.29, 1.82) is 0 Å². The molecule has 0 bridgehead atoms. The highest BCUT2D eigenvalue weighted by atomic mass is 31.2. The summed E-state index contributed by atoms with van der Waals surface area (Å²) in [5.41, 5.74) is 1.54. The molecule has 0 saturated carbocycles. The van der Waals surface area contributed by atoms with E-state index in [9.17, 15) is 9.67 Å². The van der Waals surface area contributed by atoms with E-state index in [0.29, 0.717) is 17.5 Å². The van der Waals surface area contributed by atoms with E-state index < -0.39 is 13.2 Å². The Labute approximate surface area is 143 Å². The Kier molecular flexibility index (Phi) is 6.55. The number of nitrogens with zero attached hydrogens (tertiary/aromatic N) is 2. The highest BCUT2D eigenvalue weighted by molar-refractivity contribution is 7.67. The number of hydrogen-bond acceptors (Lipinski definition) is 5. The maximum atomic E-state index is 13.6. The Bertz CT molecular complexity index is 674. The molecule has 0 saturated heterocycles. The summed E-state index contributed by atoms with van der Waals surface area (Å²) in [5, 5.41) is 11.3. The zero-order chi connectivity index (χ0) is 17.6. The second kappa shape index (κ2) is 8.43. The molecule has 1 heterocycles. The lowest BCUT2D eigenvalue weighted by Crippen LogP contribution is -2.16. The number of aliphatic hydroxyl groups is 1. The molecule has 6 heteroatoms. The lowest BCUT2D eigenvalue weighted by Gasteiger charge is -2.25. The van der Waals surface area contributed by atoms with E-state index in [1.807, 2.05) is 38.1 Å². The maximum absolute atomic E-state index is 13.6. The molecule has 24 heavy (non-hydrogen) atoms. The van der Waals surface area contributed by atoms with Crippen LogP contribution in [0.4, 0.5) is 5.69 Å². The Morgan fingerprint density at radius 2 is 1.79 bits per heavy atom. The smallest absolute Gasteiger partial charge is 0.264 e. The Balaban J connectivity index is 2.37. The predicted octanol–water partition coefficient (Wildman–Crippen LogP) is 3.56. The van der Waals surface area contributed by atoms with Crippen molar-refractivity contribution in [3.8, 4) is 0 Å². The third-order valence-electron chi connectivity index (χ3n) is 3.83. The van der Waals surface area contributed by atoms with Crippen LogP contribution in [-0.4, -0.2) is 30.8 Å². The summed E-state index contributed by atoms with van der Waals surface area (Å²) < 4.78 is 19.3. The molecule has 0 radical (unpaired) electrons. The van der Waals surface area contributed by atoms with Gasteiger partial charge in [0, 0.05) is 37.5 Å². The van der Waals surface area contributed by atoms with Crippen LogP contribution < -0.4 is 10.2 Å². The molecule has 2 rings (SSSR count). The third-order valence-corrected chi connectivity index (χ3v) is 6.36. The first kappa shape index (κ1) is 18.7. The highest BCUT2D eigenvalue weighted by Crippen LogP contribution is 2.57. The van der Waals surface area contributed by atoms with Crippen LogP contribution in [0, 0.1) is 0 Å². The predicted molar refractivity (Wildman–Crippen MR) is 98.1 cm³/mol. The summed E-state index contributed by atoms with van der Waals surface area (Å²) in [4.78, 5) is 5.91. The summed E-state index contributed by atoms with van der Waals surface area (Å²) in [7, 11) is 0.430. The summed E-state index contributed by atoms with van der Waals surface area (Å²) in [6, 6.07) is 10.6. The second-order valence-corrected chi connectivity index (χ2v) is 8.31. The molecule has 1 aromatic carbocycles. The Morgan fingerprint density at radius 3 is 2.33 bits per heavy atom. The van der Waals surface area contributed by atoms with Gasteiger partial charge in [0.1, 0.15) is 0 Å². The van der Waals surface area contributed by atoms with E-state index in [2.05, 4.69) is 4.98 Å². The quantitative estimate of drug-likeness (QED) is 0.584. The minimum absolute atomic E-state index is 0.353. The van der Waals surface area contributed by atoms with Crippen molar-refractivity contribution in [1.82, 2.24) is 4.98 Å². The van der Waals surface area contributed by atoms with Crippen LogP contribution in [0.15, 0.2) is 48.8 Å². The zero-order valence-corrected chi connectivity index (χ0v) is 15.3. The number of aliphatic hydroxyl groups excluding tert-OH is 1. The van der Waals surface area contributed by atoms with Gasteiger partial charge in [0.25, 0.3) is 7.37 Å². The summed E-state index contributed by atoms with van der Waals surface area (Å²) in [5.74, 6) is -1.21. The van der Waals surface area contributed by atoms with E-state index in [1.54, 1.807) is 36.7 Å². The Morgan fingerprint density at radius 1 is 1.17 bits per heavy atom.